The van der Waals surface area contributed by atoms with Crippen molar-refractivity contribution in [3.8, 4) is 0 Å². The fourth-order valence-corrected chi connectivity index (χ4v) is 1.89. The molecule has 0 fully saturated rings. The number of likely N-dealkylation sites (N-methyl/N-ethyl adjacent to an activating group) is 1. The van der Waals surface area contributed by atoms with E-state index in [2.05, 4.69) is 26.3 Å². The van der Waals surface area contributed by atoms with Crippen LogP contribution in [0.15, 0.2) is 15.5 Å². The predicted octanol–water partition coefficient (Wildman–Crippen LogP) is 0.914. The van der Waals surface area contributed by atoms with Crippen LogP contribution < -0.4 is 10.9 Å². The van der Waals surface area contributed by atoms with Gasteiger partial charge in [-0.2, -0.15) is 5.10 Å². The predicted molar refractivity (Wildman–Crippen MR) is 73.6 cm³/mol. The zero-order chi connectivity index (χ0) is 13.9. The lowest BCUT2D eigenvalue weighted by atomic mass is 10.3. The van der Waals surface area contributed by atoms with Crippen molar-refractivity contribution in [2.45, 2.75) is 26.4 Å². The van der Waals surface area contributed by atoms with E-state index in [1.807, 2.05) is 6.92 Å². The van der Waals surface area contributed by atoms with Gasteiger partial charge in [-0.25, -0.2) is 4.68 Å². The van der Waals surface area contributed by atoms with Gasteiger partial charge in [0.2, 0.25) is 5.91 Å². The van der Waals surface area contributed by atoms with Gasteiger partial charge in [-0.1, -0.05) is 0 Å². The number of hydrogen-bond acceptors (Lipinski definition) is 4. The van der Waals surface area contributed by atoms with Crippen LogP contribution >= 0.6 is 15.9 Å². The van der Waals surface area contributed by atoms with Crippen LogP contribution in [0.1, 0.15) is 13.8 Å². The van der Waals surface area contributed by atoms with E-state index in [9.17, 15) is 9.59 Å². The summed E-state index contributed by atoms with van der Waals surface area (Å²) in [6.07, 6.45) is 1.54. The molecule has 1 unspecified atom stereocenters. The highest BCUT2D eigenvalue weighted by Crippen LogP contribution is 2.17. The number of rotatable bonds is 4. The molecule has 0 aromatic carbocycles. The van der Waals surface area contributed by atoms with Gasteiger partial charge < -0.3 is 10.2 Å². The smallest absolute Gasteiger partial charge is 0.283 e. The summed E-state index contributed by atoms with van der Waals surface area (Å²) in [5, 5.41) is 6.97. The quantitative estimate of drug-likeness (QED) is 0.896. The van der Waals surface area contributed by atoms with Crippen LogP contribution in [0.2, 0.25) is 0 Å². The standard InChI is InChI=1S/C11H17BrN4O2/c1-5-16-11(18)9(12)8(6-13-16)14-7(2)10(17)15(3)4/h6-7,14H,5H2,1-4H3. The first-order valence-corrected chi connectivity index (χ1v) is 6.41. The minimum Gasteiger partial charge on any atom is -0.372 e. The van der Waals surface area contributed by atoms with Gasteiger partial charge in [0.15, 0.2) is 0 Å². The lowest BCUT2D eigenvalue weighted by Crippen LogP contribution is -2.37. The number of amides is 1. The van der Waals surface area contributed by atoms with Gasteiger partial charge >= 0.3 is 0 Å². The highest BCUT2D eigenvalue weighted by Gasteiger charge is 2.17. The highest BCUT2D eigenvalue weighted by atomic mass is 79.9. The number of nitrogens with one attached hydrogen (secondary N) is 1. The van der Waals surface area contributed by atoms with E-state index in [0.717, 1.165) is 0 Å². The van der Waals surface area contributed by atoms with Crippen molar-refractivity contribution in [2.75, 3.05) is 19.4 Å². The van der Waals surface area contributed by atoms with Crippen molar-refractivity contribution in [1.29, 1.82) is 0 Å². The normalized spacial score (nSPS) is 12.1. The average Bonchev–Trinajstić information content (AvgIpc) is 2.34. The summed E-state index contributed by atoms with van der Waals surface area (Å²) in [5.41, 5.74) is 0.305. The van der Waals surface area contributed by atoms with E-state index in [-0.39, 0.29) is 11.5 Å². The van der Waals surface area contributed by atoms with Crippen molar-refractivity contribution in [3.63, 3.8) is 0 Å². The van der Waals surface area contributed by atoms with Crippen LogP contribution in [-0.2, 0) is 11.3 Å². The SMILES string of the molecule is CCn1ncc(NC(C)C(=O)N(C)C)c(Br)c1=O. The molecule has 0 aliphatic rings. The van der Waals surface area contributed by atoms with Gasteiger partial charge in [-0.3, -0.25) is 9.59 Å². The first kappa shape index (κ1) is 14.7. The molecule has 0 saturated heterocycles. The minimum absolute atomic E-state index is 0.0680. The Morgan fingerprint density at radius 1 is 1.61 bits per heavy atom. The minimum atomic E-state index is -0.421. The summed E-state index contributed by atoms with van der Waals surface area (Å²) in [5.74, 6) is -0.0680. The monoisotopic (exact) mass is 316 g/mol. The maximum Gasteiger partial charge on any atom is 0.283 e. The topological polar surface area (TPSA) is 67.2 Å². The second kappa shape index (κ2) is 5.99. The zero-order valence-electron chi connectivity index (χ0n) is 10.9. The molecule has 1 aromatic heterocycles. The van der Waals surface area contributed by atoms with Gasteiger partial charge in [-0.15, -0.1) is 0 Å². The highest BCUT2D eigenvalue weighted by molar-refractivity contribution is 9.10. The Balaban J connectivity index is 2.96. The van der Waals surface area contributed by atoms with Crippen molar-refractivity contribution in [3.05, 3.63) is 21.0 Å². The third kappa shape index (κ3) is 3.10. The van der Waals surface area contributed by atoms with Crippen molar-refractivity contribution < 1.29 is 4.79 Å². The van der Waals surface area contributed by atoms with Crippen LogP contribution in [0.25, 0.3) is 0 Å². The first-order valence-electron chi connectivity index (χ1n) is 5.61. The Kier molecular flexibility index (Phi) is 4.89. The molecule has 1 N–H and O–H groups in total. The van der Waals surface area contributed by atoms with Crippen LogP contribution in [0.5, 0.6) is 0 Å². The number of aryl methyl sites for hydroxylation is 1. The fraction of sp³-hybridized carbons (Fsp3) is 0.545. The van der Waals surface area contributed by atoms with Gasteiger partial charge in [0.05, 0.1) is 11.9 Å². The summed E-state index contributed by atoms with van der Waals surface area (Å²) in [7, 11) is 3.37. The summed E-state index contributed by atoms with van der Waals surface area (Å²) in [4.78, 5) is 25.0. The molecular formula is C11H17BrN4O2. The summed E-state index contributed by atoms with van der Waals surface area (Å²) < 4.78 is 1.73. The molecule has 0 spiro atoms. The number of halogens is 1. The van der Waals surface area contributed by atoms with E-state index in [1.54, 1.807) is 21.0 Å². The van der Waals surface area contributed by atoms with Gasteiger partial charge in [0, 0.05) is 20.6 Å². The van der Waals surface area contributed by atoms with E-state index < -0.39 is 6.04 Å². The summed E-state index contributed by atoms with van der Waals surface area (Å²) in [6.45, 7) is 4.08. The molecule has 0 aliphatic heterocycles. The Morgan fingerprint density at radius 3 is 2.72 bits per heavy atom. The molecule has 0 saturated carbocycles. The third-order valence-electron chi connectivity index (χ3n) is 2.47. The number of anilines is 1. The van der Waals surface area contributed by atoms with Crippen LogP contribution in [0.3, 0.4) is 0 Å². The largest absolute Gasteiger partial charge is 0.372 e. The van der Waals surface area contributed by atoms with E-state index in [0.29, 0.717) is 16.7 Å². The maximum atomic E-state index is 11.8. The molecule has 6 nitrogen and oxygen atoms in total. The fourth-order valence-electron chi connectivity index (χ4n) is 1.47. The first-order chi connectivity index (χ1) is 8.38. The van der Waals surface area contributed by atoms with E-state index in [1.165, 1.54) is 15.8 Å². The summed E-state index contributed by atoms with van der Waals surface area (Å²) in [6, 6.07) is -0.421. The van der Waals surface area contributed by atoms with Gasteiger partial charge in [0.25, 0.3) is 5.56 Å². The van der Waals surface area contributed by atoms with Crippen LogP contribution in [-0.4, -0.2) is 40.7 Å². The van der Waals surface area contributed by atoms with Crippen LogP contribution in [0.4, 0.5) is 5.69 Å². The van der Waals surface area contributed by atoms with Crippen molar-refractivity contribution in [1.82, 2.24) is 14.7 Å². The van der Waals surface area contributed by atoms with Crippen molar-refractivity contribution >= 4 is 27.5 Å². The van der Waals surface area contributed by atoms with E-state index in [4.69, 9.17) is 0 Å². The molecule has 100 valence electrons. The van der Waals surface area contributed by atoms with Gasteiger partial charge in [0.1, 0.15) is 10.5 Å². The number of hydrogen-bond donors (Lipinski definition) is 1. The molecule has 0 bridgehead atoms. The number of carbonyl (C=O) groups is 1. The molecule has 0 aliphatic carbocycles. The lowest BCUT2D eigenvalue weighted by Gasteiger charge is -2.19. The molecule has 1 heterocycles. The molecule has 1 amide bonds. The second-order valence-electron chi connectivity index (χ2n) is 4.09. The maximum absolute atomic E-state index is 11.8. The Morgan fingerprint density at radius 2 is 2.22 bits per heavy atom. The Labute approximate surface area is 114 Å². The number of aromatic nitrogens is 2. The zero-order valence-corrected chi connectivity index (χ0v) is 12.5. The Hall–Kier alpha value is -1.37. The molecule has 1 atom stereocenters. The molecule has 18 heavy (non-hydrogen) atoms. The van der Waals surface area contributed by atoms with Crippen molar-refractivity contribution in [2.24, 2.45) is 0 Å². The Bertz CT molecular complexity index is 498. The average molecular weight is 317 g/mol. The second-order valence-corrected chi connectivity index (χ2v) is 4.88. The third-order valence-corrected chi connectivity index (χ3v) is 3.23. The number of carbonyl (C=O) groups excluding carboxylic acids is 1. The molecular weight excluding hydrogens is 300 g/mol. The summed E-state index contributed by atoms with van der Waals surface area (Å²) >= 11 is 3.23. The van der Waals surface area contributed by atoms with Gasteiger partial charge in [-0.05, 0) is 29.8 Å². The number of nitrogens with zero attached hydrogens (tertiary/aromatic N) is 3. The molecule has 1 rings (SSSR count). The molecule has 1 aromatic rings. The lowest BCUT2D eigenvalue weighted by molar-refractivity contribution is -0.129. The van der Waals surface area contributed by atoms with E-state index >= 15 is 0 Å². The van der Waals surface area contributed by atoms with Crippen LogP contribution in [0, 0.1) is 0 Å². The molecule has 0 radical (unpaired) electrons. The molecule has 7 heteroatoms.